The van der Waals surface area contributed by atoms with Gasteiger partial charge in [-0.3, -0.25) is 4.90 Å². The molecule has 0 spiro atoms. The number of nitrogens with one attached hydrogen (secondary N) is 1. The Morgan fingerprint density at radius 2 is 2.18 bits per heavy atom. The van der Waals surface area contributed by atoms with Crippen molar-refractivity contribution in [3.63, 3.8) is 0 Å². The van der Waals surface area contributed by atoms with Crippen LogP contribution in [0.2, 0.25) is 5.02 Å². The molecule has 2 aliphatic heterocycles. The van der Waals surface area contributed by atoms with Crippen LogP contribution in [0.25, 0.3) is 0 Å². The van der Waals surface area contributed by atoms with Crippen LogP contribution in [0.3, 0.4) is 0 Å². The Bertz CT molecular complexity index is 424. The topological polar surface area (TPSA) is 15.3 Å². The minimum absolute atomic E-state index is 0.593. The van der Waals surface area contributed by atoms with Gasteiger partial charge in [-0.15, -0.1) is 0 Å². The number of anilines is 1. The van der Waals surface area contributed by atoms with Gasteiger partial charge in [0.25, 0.3) is 0 Å². The summed E-state index contributed by atoms with van der Waals surface area (Å²) in [5.74, 6) is 0. The van der Waals surface area contributed by atoms with E-state index in [4.69, 9.17) is 11.6 Å². The maximum absolute atomic E-state index is 5.96. The molecule has 2 aliphatic rings. The standard InChI is InChI=1S/C13H16BrClN2/c14-10-8-9(15)3-4-11(10)16-12-5-7-17-6-1-2-13(12)17/h3-4,8,12-13,16H,1-2,5-7H2. The second-order valence-corrected chi connectivity index (χ2v) is 6.20. The Morgan fingerprint density at radius 1 is 1.29 bits per heavy atom. The van der Waals surface area contributed by atoms with Crippen LogP contribution in [0, 0.1) is 0 Å². The Kier molecular flexibility index (Phi) is 3.33. The van der Waals surface area contributed by atoms with Gasteiger partial charge in [0.2, 0.25) is 0 Å². The number of hydrogen-bond acceptors (Lipinski definition) is 2. The normalized spacial score (nSPS) is 28.4. The van der Waals surface area contributed by atoms with Crippen molar-refractivity contribution in [1.82, 2.24) is 4.90 Å². The maximum atomic E-state index is 5.96. The number of rotatable bonds is 2. The van der Waals surface area contributed by atoms with E-state index >= 15 is 0 Å². The molecule has 0 aromatic heterocycles. The van der Waals surface area contributed by atoms with Gasteiger partial charge in [-0.05, 0) is 59.9 Å². The van der Waals surface area contributed by atoms with Crippen LogP contribution in [-0.2, 0) is 0 Å². The molecule has 1 aromatic rings. The SMILES string of the molecule is Clc1ccc(NC2CCN3CCCC23)c(Br)c1. The summed E-state index contributed by atoms with van der Waals surface area (Å²) < 4.78 is 1.06. The van der Waals surface area contributed by atoms with Gasteiger partial charge in [0.05, 0.1) is 0 Å². The summed E-state index contributed by atoms with van der Waals surface area (Å²) in [6.07, 6.45) is 3.94. The van der Waals surface area contributed by atoms with Crippen LogP contribution in [0.4, 0.5) is 5.69 Å². The highest BCUT2D eigenvalue weighted by atomic mass is 79.9. The molecular weight excluding hydrogens is 300 g/mol. The van der Waals surface area contributed by atoms with Crippen LogP contribution in [0.15, 0.2) is 22.7 Å². The van der Waals surface area contributed by atoms with Gasteiger partial charge in [-0.1, -0.05) is 11.6 Å². The molecule has 17 heavy (non-hydrogen) atoms. The third kappa shape index (κ3) is 2.33. The molecule has 2 atom stereocenters. The molecule has 0 bridgehead atoms. The van der Waals surface area contributed by atoms with Gasteiger partial charge < -0.3 is 5.32 Å². The minimum Gasteiger partial charge on any atom is -0.380 e. The van der Waals surface area contributed by atoms with Gasteiger partial charge in [0.15, 0.2) is 0 Å². The first kappa shape index (κ1) is 11.8. The molecule has 0 aliphatic carbocycles. The molecule has 0 radical (unpaired) electrons. The highest BCUT2D eigenvalue weighted by molar-refractivity contribution is 9.10. The Balaban J connectivity index is 1.74. The molecule has 3 rings (SSSR count). The van der Waals surface area contributed by atoms with Crippen LogP contribution < -0.4 is 5.32 Å². The molecule has 92 valence electrons. The zero-order valence-electron chi connectivity index (χ0n) is 9.63. The van der Waals surface area contributed by atoms with Gasteiger partial charge in [-0.25, -0.2) is 0 Å². The molecule has 0 amide bonds. The number of halogens is 2. The highest BCUT2D eigenvalue weighted by Crippen LogP contribution is 2.33. The fourth-order valence-electron chi connectivity index (χ4n) is 3.06. The van der Waals surface area contributed by atoms with Gasteiger partial charge in [-0.2, -0.15) is 0 Å². The highest BCUT2D eigenvalue weighted by Gasteiger charge is 2.37. The lowest BCUT2D eigenvalue weighted by Crippen LogP contribution is -2.33. The first-order valence-electron chi connectivity index (χ1n) is 6.20. The molecule has 1 N–H and O–H groups in total. The Morgan fingerprint density at radius 3 is 3.00 bits per heavy atom. The third-order valence-corrected chi connectivity index (χ3v) is 4.77. The van der Waals surface area contributed by atoms with Gasteiger partial charge in [0.1, 0.15) is 0 Å². The zero-order valence-corrected chi connectivity index (χ0v) is 12.0. The van der Waals surface area contributed by atoms with Gasteiger partial charge >= 0.3 is 0 Å². The number of fused-ring (bicyclic) bond motifs is 1. The first-order valence-corrected chi connectivity index (χ1v) is 7.37. The second kappa shape index (κ2) is 4.79. The molecule has 2 nitrogen and oxygen atoms in total. The quantitative estimate of drug-likeness (QED) is 0.894. The van der Waals surface area contributed by atoms with E-state index in [-0.39, 0.29) is 0 Å². The summed E-state index contributed by atoms with van der Waals surface area (Å²) in [5.41, 5.74) is 1.16. The van der Waals surface area contributed by atoms with E-state index in [1.165, 1.54) is 32.4 Å². The van der Waals surface area contributed by atoms with E-state index in [0.29, 0.717) is 6.04 Å². The average Bonchev–Trinajstić information content (AvgIpc) is 2.86. The van der Waals surface area contributed by atoms with Crippen molar-refractivity contribution in [2.45, 2.75) is 31.3 Å². The van der Waals surface area contributed by atoms with Crippen LogP contribution in [0.1, 0.15) is 19.3 Å². The minimum atomic E-state index is 0.593. The monoisotopic (exact) mass is 314 g/mol. The van der Waals surface area contributed by atoms with Crippen molar-refractivity contribution < 1.29 is 0 Å². The van der Waals surface area contributed by atoms with Crippen LogP contribution in [-0.4, -0.2) is 30.1 Å². The van der Waals surface area contributed by atoms with E-state index in [1.54, 1.807) is 0 Å². The Hall–Kier alpha value is -0.250. The lowest BCUT2D eigenvalue weighted by atomic mass is 10.1. The fraction of sp³-hybridized carbons (Fsp3) is 0.538. The largest absolute Gasteiger partial charge is 0.380 e. The second-order valence-electron chi connectivity index (χ2n) is 4.91. The number of nitrogens with zero attached hydrogens (tertiary/aromatic N) is 1. The predicted octanol–water partition coefficient (Wildman–Crippen LogP) is 3.75. The summed E-state index contributed by atoms with van der Waals surface area (Å²) in [6.45, 7) is 2.53. The lowest BCUT2D eigenvalue weighted by Gasteiger charge is -2.22. The molecule has 2 fully saturated rings. The maximum Gasteiger partial charge on any atom is 0.0488 e. The third-order valence-electron chi connectivity index (χ3n) is 3.88. The van der Waals surface area contributed by atoms with E-state index < -0.39 is 0 Å². The van der Waals surface area contributed by atoms with Crippen molar-refractivity contribution >= 4 is 33.2 Å². The van der Waals surface area contributed by atoms with Crippen LogP contribution >= 0.6 is 27.5 Å². The van der Waals surface area contributed by atoms with Crippen molar-refractivity contribution in [3.8, 4) is 0 Å². The van der Waals surface area contributed by atoms with E-state index in [0.717, 1.165) is 21.2 Å². The first-order chi connectivity index (χ1) is 8.24. The lowest BCUT2D eigenvalue weighted by molar-refractivity contribution is 0.318. The summed E-state index contributed by atoms with van der Waals surface area (Å²) in [5, 5.41) is 4.43. The smallest absolute Gasteiger partial charge is 0.0488 e. The van der Waals surface area contributed by atoms with Crippen molar-refractivity contribution in [2.24, 2.45) is 0 Å². The molecule has 2 unspecified atom stereocenters. The molecule has 1 aromatic carbocycles. The molecule has 2 heterocycles. The predicted molar refractivity (Wildman–Crippen MR) is 75.8 cm³/mol. The van der Waals surface area contributed by atoms with E-state index in [1.807, 2.05) is 12.1 Å². The fourth-order valence-corrected chi connectivity index (χ4v) is 3.85. The zero-order chi connectivity index (χ0) is 11.8. The van der Waals surface area contributed by atoms with Gasteiger partial charge in [0, 0.05) is 33.8 Å². The number of benzene rings is 1. The summed E-state index contributed by atoms with van der Waals surface area (Å²) >= 11 is 9.52. The molecule has 2 saturated heterocycles. The van der Waals surface area contributed by atoms with Crippen molar-refractivity contribution in [1.29, 1.82) is 0 Å². The Labute approximate surface area is 115 Å². The average molecular weight is 316 g/mol. The molecular formula is C13H16BrClN2. The summed E-state index contributed by atoms with van der Waals surface area (Å²) in [4.78, 5) is 2.61. The molecule has 4 heteroatoms. The molecule has 0 saturated carbocycles. The van der Waals surface area contributed by atoms with Crippen molar-refractivity contribution in [3.05, 3.63) is 27.7 Å². The van der Waals surface area contributed by atoms with Crippen molar-refractivity contribution in [2.75, 3.05) is 18.4 Å². The summed E-state index contributed by atoms with van der Waals surface area (Å²) in [7, 11) is 0. The van der Waals surface area contributed by atoms with E-state index in [2.05, 4.69) is 32.2 Å². The summed E-state index contributed by atoms with van der Waals surface area (Å²) in [6, 6.07) is 7.28. The van der Waals surface area contributed by atoms with Crippen LogP contribution in [0.5, 0.6) is 0 Å². The van der Waals surface area contributed by atoms with E-state index in [9.17, 15) is 0 Å². The number of hydrogen-bond donors (Lipinski definition) is 1.